The van der Waals surface area contributed by atoms with E-state index in [1.807, 2.05) is 13.8 Å². The molecule has 6 nitrogen and oxygen atoms in total. The molecule has 1 amide bonds. The molecule has 0 saturated carbocycles. The number of carbonyl (C=O) groups excluding carboxylic acids is 3. The SMILES string of the molecule is CC(C)COC(=O)c1ccc(NC(=O)COC(=O)c2cccs2)cc1. The molecule has 0 aliphatic heterocycles. The summed E-state index contributed by atoms with van der Waals surface area (Å²) in [4.78, 5) is 35.7. The highest BCUT2D eigenvalue weighted by Gasteiger charge is 2.12. The van der Waals surface area contributed by atoms with E-state index >= 15 is 0 Å². The third kappa shape index (κ3) is 6.04. The zero-order chi connectivity index (χ0) is 18.2. The van der Waals surface area contributed by atoms with Gasteiger partial charge in [0.05, 0.1) is 12.2 Å². The molecule has 2 rings (SSSR count). The van der Waals surface area contributed by atoms with Crippen LogP contribution in [0.4, 0.5) is 5.69 Å². The van der Waals surface area contributed by atoms with Gasteiger partial charge in [-0.3, -0.25) is 4.79 Å². The summed E-state index contributed by atoms with van der Waals surface area (Å²) in [6.07, 6.45) is 0. The first-order valence-electron chi connectivity index (χ1n) is 7.73. The lowest BCUT2D eigenvalue weighted by Gasteiger charge is -2.08. The molecule has 1 heterocycles. The molecule has 0 atom stereocenters. The van der Waals surface area contributed by atoms with Crippen LogP contribution in [0, 0.1) is 5.92 Å². The number of hydrogen-bond donors (Lipinski definition) is 1. The molecule has 0 fully saturated rings. The van der Waals surface area contributed by atoms with Crippen LogP contribution in [0.2, 0.25) is 0 Å². The minimum atomic E-state index is -0.534. The number of anilines is 1. The monoisotopic (exact) mass is 361 g/mol. The Morgan fingerprint density at radius 3 is 2.36 bits per heavy atom. The summed E-state index contributed by atoms with van der Waals surface area (Å²) in [6, 6.07) is 9.67. The van der Waals surface area contributed by atoms with Crippen molar-refractivity contribution in [2.45, 2.75) is 13.8 Å². The quantitative estimate of drug-likeness (QED) is 0.765. The predicted octanol–water partition coefficient (Wildman–Crippen LogP) is 3.36. The van der Waals surface area contributed by atoms with E-state index in [1.165, 1.54) is 11.3 Å². The van der Waals surface area contributed by atoms with Crippen molar-refractivity contribution in [3.63, 3.8) is 0 Å². The van der Waals surface area contributed by atoms with Gasteiger partial charge in [0.25, 0.3) is 5.91 Å². The molecular formula is C18H19NO5S. The predicted molar refractivity (Wildman–Crippen MR) is 94.8 cm³/mol. The Morgan fingerprint density at radius 2 is 1.76 bits per heavy atom. The minimum absolute atomic E-state index is 0.263. The average molecular weight is 361 g/mol. The molecular weight excluding hydrogens is 342 g/mol. The Balaban J connectivity index is 1.81. The number of ether oxygens (including phenoxy) is 2. The summed E-state index contributed by atoms with van der Waals surface area (Å²) in [5, 5.41) is 4.35. The van der Waals surface area contributed by atoms with Crippen molar-refractivity contribution in [2.75, 3.05) is 18.5 Å². The van der Waals surface area contributed by atoms with Gasteiger partial charge in [0.1, 0.15) is 4.88 Å². The van der Waals surface area contributed by atoms with Crippen molar-refractivity contribution in [1.29, 1.82) is 0 Å². The van der Waals surface area contributed by atoms with Crippen molar-refractivity contribution in [2.24, 2.45) is 5.92 Å². The second-order valence-electron chi connectivity index (χ2n) is 5.67. The van der Waals surface area contributed by atoms with Gasteiger partial charge >= 0.3 is 11.9 Å². The van der Waals surface area contributed by atoms with Crippen LogP contribution in [0.3, 0.4) is 0 Å². The summed E-state index contributed by atoms with van der Waals surface area (Å²) in [6.45, 7) is 3.89. The molecule has 0 aliphatic carbocycles. The van der Waals surface area contributed by atoms with Crippen molar-refractivity contribution >= 4 is 34.9 Å². The van der Waals surface area contributed by atoms with Gasteiger partial charge in [-0.1, -0.05) is 19.9 Å². The van der Waals surface area contributed by atoms with Gasteiger partial charge in [-0.05, 0) is 41.6 Å². The van der Waals surface area contributed by atoms with Crippen molar-refractivity contribution in [3.8, 4) is 0 Å². The normalized spacial score (nSPS) is 10.4. The van der Waals surface area contributed by atoms with Gasteiger partial charge in [0.2, 0.25) is 0 Å². The van der Waals surface area contributed by atoms with Crippen LogP contribution in [0.25, 0.3) is 0 Å². The fourth-order valence-corrected chi connectivity index (χ4v) is 2.43. The second-order valence-corrected chi connectivity index (χ2v) is 6.62. The van der Waals surface area contributed by atoms with Gasteiger partial charge in [0, 0.05) is 5.69 Å². The lowest BCUT2D eigenvalue weighted by Crippen LogP contribution is -2.20. The maximum Gasteiger partial charge on any atom is 0.348 e. The molecule has 132 valence electrons. The molecule has 0 aliphatic rings. The van der Waals surface area contributed by atoms with E-state index in [1.54, 1.807) is 41.8 Å². The largest absolute Gasteiger partial charge is 0.462 e. The van der Waals surface area contributed by atoms with Gasteiger partial charge in [0.15, 0.2) is 6.61 Å². The molecule has 1 aromatic heterocycles. The fraction of sp³-hybridized carbons (Fsp3) is 0.278. The highest BCUT2D eigenvalue weighted by atomic mass is 32.1. The number of hydrogen-bond acceptors (Lipinski definition) is 6. The highest BCUT2D eigenvalue weighted by Crippen LogP contribution is 2.12. The average Bonchev–Trinajstić information content (AvgIpc) is 3.13. The minimum Gasteiger partial charge on any atom is -0.462 e. The van der Waals surface area contributed by atoms with Gasteiger partial charge in [-0.15, -0.1) is 11.3 Å². The van der Waals surface area contributed by atoms with Gasteiger partial charge < -0.3 is 14.8 Å². The summed E-state index contributed by atoms with van der Waals surface area (Å²) < 4.78 is 10.0. The Bertz CT molecular complexity index is 722. The van der Waals surface area contributed by atoms with Crippen LogP contribution >= 0.6 is 11.3 Å². The first-order valence-corrected chi connectivity index (χ1v) is 8.61. The van der Waals surface area contributed by atoms with E-state index < -0.39 is 17.8 Å². The van der Waals surface area contributed by atoms with E-state index in [0.717, 1.165) is 0 Å². The Hall–Kier alpha value is -2.67. The standard InChI is InChI=1S/C18H19NO5S/c1-12(2)10-23-17(21)13-5-7-14(8-6-13)19-16(20)11-24-18(22)15-4-3-9-25-15/h3-9,12H,10-11H2,1-2H3,(H,19,20). The van der Waals surface area contributed by atoms with Crippen LogP contribution in [-0.2, 0) is 14.3 Å². The summed E-state index contributed by atoms with van der Waals surface area (Å²) in [7, 11) is 0. The smallest absolute Gasteiger partial charge is 0.348 e. The molecule has 2 aromatic rings. The number of amides is 1. The molecule has 1 N–H and O–H groups in total. The van der Waals surface area contributed by atoms with E-state index in [-0.39, 0.29) is 12.5 Å². The van der Waals surface area contributed by atoms with E-state index in [2.05, 4.69) is 5.32 Å². The second kappa shape index (κ2) is 8.98. The van der Waals surface area contributed by atoms with Crippen molar-refractivity contribution in [1.82, 2.24) is 0 Å². The summed E-state index contributed by atoms with van der Waals surface area (Å²) in [5.74, 6) is -1.13. The lowest BCUT2D eigenvalue weighted by molar-refractivity contribution is -0.119. The molecule has 25 heavy (non-hydrogen) atoms. The maximum atomic E-state index is 11.8. The molecule has 0 radical (unpaired) electrons. The van der Waals surface area contributed by atoms with Crippen LogP contribution in [0.5, 0.6) is 0 Å². The highest BCUT2D eigenvalue weighted by molar-refractivity contribution is 7.11. The number of rotatable bonds is 7. The molecule has 1 aromatic carbocycles. The first kappa shape index (κ1) is 18.7. The summed E-state index contributed by atoms with van der Waals surface area (Å²) in [5.41, 5.74) is 0.903. The number of thiophene rings is 1. The third-order valence-corrected chi connectivity index (χ3v) is 3.86. The fourth-order valence-electron chi connectivity index (χ4n) is 1.81. The van der Waals surface area contributed by atoms with Crippen LogP contribution in [0.15, 0.2) is 41.8 Å². The van der Waals surface area contributed by atoms with Crippen LogP contribution < -0.4 is 5.32 Å². The van der Waals surface area contributed by atoms with Crippen LogP contribution in [-0.4, -0.2) is 31.1 Å². The summed E-state index contributed by atoms with van der Waals surface area (Å²) >= 11 is 1.25. The van der Waals surface area contributed by atoms with Crippen molar-refractivity contribution in [3.05, 3.63) is 52.2 Å². The molecule has 0 unspecified atom stereocenters. The molecule has 7 heteroatoms. The van der Waals surface area contributed by atoms with Crippen molar-refractivity contribution < 1.29 is 23.9 Å². The topological polar surface area (TPSA) is 81.7 Å². The molecule has 0 saturated heterocycles. The Morgan fingerprint density at radius 1 is 1.04 bits per heavy atom. The van der Waals surface area contributed by atoms with E-state index in [9.17, 15) is 14.4 Å². The Labute approximate surface area is 149 Å². The maximum absolute atomic E-state index is 11.8. The molecule has 0 spiro atoms. The number of nitrogens with one attached hydrogen (secondary N) is 1. The van der Waals surface area contributed by atoms with E-state index in [4.69, 9.17) is 9.47 Å². The first-order chi connectivity index (χ1) is 12.0. The van der Waals surface area contributed by atoms with Gasteiger partial charge in [-0.2, -0.15) is 0 Å². The van der Waals surface area contributed by atoms with Crippen LogP contribution in [0.1, 0.15) is 33.9 Å². The lowest BCUT2D eigenvalue weighted by atomic mass is 10.2. The van der Waals surface area contributed by atoms with Gasteiger partial charge in [-0.25, -0.2) is 9.59 Å². The Kier molecular flexibility index (Phi) is 6.71. The number of esters is 2. The number of benzene rings is 1. The number of carbonyl (C=O) groups is 3. The van der Waals surface area contributed by atoms with E-state index in [0.29, 0.717) is 22.7 Å². The zero-order valence-electron chi connectivity index (χ0n) is 14.0. The zero-order valence-corrected chi connectivity index (χ0v) is 14.8. The molecule has 0 bridgehead atoms. The third-order valence-electron chi connectivity index (χ3n) is 3.01.